The summed E-state index contributed by atoms with van der Waals surface area (Å²) in [6.07, 6.45) is 3.80. The lowest BCUT2D eigenvalue weighted by molar-refractivity contribution is 0.0300. The number of ether oxygens (including phenoxy) is 1. The first kappa shape index (κ1) is 14.8. The van der Waals surface area contributed by atoms with Crippen molar-refractivity contribution in [3.05, 3.63) is 24.0 Å². The van der Waals surface area contributed by atoms with Crippen LogP contribution in [0.25, 0.3) is 0 Å². The number of aromatic nitrogens is 1. The first-order valence-corrected chi connectivity index (χ1v) is 6.99. The highest BCUT2D eigenvalue weighted by Gasteiger charge is 2.27. The average molecular weight is 277 g/mol. The van der Waals surface area contributed by atoms with Gasteiger partial charge in [0.1, 0.15) is 5.69 Å². The van der Waals surface area contributed by atoms with E-state index >= 15 is 0 Å². The van der Waals surface area contributed by atoms with E-state index in [4.69, 9.17) is 4.74 Å². The Balaban J connectivity index is 1.99. The van der Waals surface area contributed by atoms with E-state index in [9.17, 15) is 4.79 Å². The quantitative estimate of drug-likeness (QED) is 0.914. The van der Waals surface area contributed by atoms with Crippen molar-refractivity contribution in [1.29, 1.82) is 0 Å². The third-order valence-corrected chi connectivity index (χ3v) is 3.80. The second kappa shape index (κ2) is 6.22. The van der Waals surface area contributed by atoms with E-state index < -0.39 is 0 Å². The topological polar surface area (TPSA) is 54.5 Å². The van der Waals surface area contributed by atoms with Gasteiger partial charge in [0.25, 0.3) is 5.91 Å². The van der Waals surface area contributed by atoms with E-state index in [-0.39, 0.29) is 11.3 Å². The van der Waals surface area contributed by atoms with Crippen molar-refractivity contribution >= 4 is 11.6 Å². The fraction of sp³-hybridized carbons (Fsp3) is 0.600. The van der Waals surface area contributed by atoms with Gasteiger partial charge in [-0.2, -0.15) is 0 Å². The Labute approximate surface area is 120 Å². The molecule has 0 bridgehead atoms. The van der Waals surface area contributed by atoms with Crippen LogP contribution in [0.15, 0.2) is 18.3 Å². The molecule has 2 heterocycles. The molecule has 1 aromatic heterocycles. The van der Waals surface area contributed by atoms with Crippen molar-refractivity contribution in [2.45, 2.75) is 19.8 Å². The summed E-state index contributed by atoms with van der Waals surface area (Å²) in [6, 6.07) is 3.71. The number of amides is 1. The van der Waals surface area contributed by atoms with Gasteiger partial charge in [-0.05, 0) is 30.4 Å². The van der Waals surface area contributed by atoms with Crippen LogP contribution in [-0.2, 0) is 4.74 Å². The maximum absolute atomic E-state index is 11.9. The summed E-state index contributed by atoms with van der Waals surface area (Å²) in [5.41, 5.74) is 1.67. The number of pyridine rings is 1. The SMILES string of the molecule is CN(C)C(=O)c1cc(NCC2(C)CCOCC2)ccn1. The lowest BCUT2D eigenvalue weighted by Gasteiger charge is -2.33. The van der Waals surface area contributed by atoms with Gasteiger partial charge in [-0.3, -0.25) is 9.78 Å². The zero-order valence-electron chi connectivity index (χ0n) is 12.5. The predicted octanol–water partition coefficient (Wildman–Crippen LogP) is 2.01. The molecule has 0 aromatic carbocycles. The maximum Gasteiger partial charge on any atom is 0.272 e. The smallest absolute Gasteiger partial charge is 0.272 e. The Bertz CT molecular complexity index is 468. The van der Waals surface area contributed by atoms with Gasteiger partial charge in [0, 0.05) is 45.7 Å². The highest BCUT2D eigenvalue weighted by molar-refractivity contribution is 5.92. The number of nitrogens with one attached hydrogen (secondary N) is 1. The molecule has 5 nitrogen and oxygen atoms in total. The summed E-state index contributed by atoms with van der Waals surface area (Å²) >= 11 is 0. The van der Waals surface area contributed by atoms with Crippen molar-refractivity contribution in [2.75, 3.05) is 39.2 Å². The molecule has 0 radical (unpaired) electrons. The zero-order chi connectivity index (χ0) is 14.6. The molecule has 5 heteroatoms. The number of carbonyl (C=O) groups excluding carboxylic acids is 1. The summed E-state index contributed by atoms with van der Waals surface area (Å²) in [6.45, 7) is 4.82. The van der Waals surface area contributed by atoms with E-state index in [1.807, 2.05) is 12.1 Å². The molecule has 0 saturated carbocycles. The van der Waals surface area contributed by atoms with Crippen LogP contribution in [-0.4, -0.2) is 49.6 Å². The lowest BCUT2D eigenvalue weighted by Crippen LogP contribution is -2.33. The molecule has 0 atom stereocenters. The normalized spacial score (nSPS) is 17.6. The summed E-state index contributed by atoms with van der Waals surface area (Å²) < 4.78 is 5.41. The standard InChI is InChI=1S/C15H23N3O2/c1-15(5-8-20-9-6-15)11-17-12-4-7-16-13(10-12)14(19)18(2)3/h4,7,10H,5-6,8-9,11H2,1-3H3,(H,16,17). The lowest BCUT2D eigenvalue weighted by atomic mass is 9.82. The van der Waals surface area contributed by atoms with Crippen molar-refractivity contribution < 1.29 is 9.53 Å². The Kier molecular flexibility index (Phi) is 4.60. The summed E-state index contributed by atoms with van der Waals surface area (Å²) in [5, 5.41) is 3.42. The predicted molar refractivity (Wildman–Crippen MR) is 78.9 cm³/mol. The number of hydrogen-bond donors (Lipinski definition) is 1. The number of nitrogens with zero attached hydrogens (tertiary/aromatic N) is 2. The second-order valence-corrected chi connectivity index (χ2v) is 5.91. The maximum atomic E-state index is 11.9. The van der Waals surface area contributed by atoms with Gasteiger partial charge in [0.05, 0.1) is 0 Å². The van der Waals surface area contributed by atoms with Crippen LogP contribution in [0.4, 0.5) is 5.69 Å². The van der Waals surface area contributed by atoms with Gasteiger partial charge >= 0.3 is 0 Å². The highest BCUT2D eigenvalue weighted by atomic mass is 16.5. The van der Waals surface area contributed by atoms with Crippen molar-refractivity contribution in [2.24, 2.45) is 5.41 Å². The van der Waals surface area contributed by atoms with Gasteiger partial charge in [0.15, 0.2) is 0 Å². The van der Waals surface area contributed by atoms with Crippen LogP contribution in [0.2, 0.25) is 0 Å². The fourth-order valence-corrected chi connectivity index (χ4v) is 2.24. The van der Waals surface area contributed by atoms with Crippen molar-refractivity contribution in [1.82, 2.24) is 9.88 Å². The number of hydrogen-bond acceptors (Lipinski definition) is 4. The van der Waals surface area contributed by atoms with Crippen LogP contribution in [0, 0.1) is 5.41 Å². The molecule has 110 valence electrons. The van der Waals surface area contributed by atoms with Gasteiger partial charge in [0.2, 0.25) is 0 Å². The Hall–Kier alpha value is -1.62. The zero-order valence-corrected chi connectivity index (χ0v) is 12.5. The van der Waals surface area contributed by atoms with E-state index in [0.29, 0.717) is 5.69 Å². The number of rotatable bonds is 4. The molecule has 1 saturated heterocycles. The molecule has 1 aliphatic rings. The first-order chi connectivity index (χ1) is 9.50. The molecular weight excluding hydrogens is 254 g/mol. The second-order valence-electron chi connectivity index (χ2n) is 5.91. The van der Waals surface area contributed by atoms with E-state index in [1.54, 1.807) is 20.3 Å². The van der Waals surface area contributed by atoms with E-state index in [2.05, 4.69) is 17.2 Å². The van der Waals surface area contributed by atoms with Crippen LogP contribution in [0.5, 0.6) is 0 Å². The Morgan fingerprint density at radius 2 is 2.15 bits per heavy atom. The molecule has 1 N–H and O–H groups in total. The summed E-state index contributed by atoms with van der Waals surface area (Å²) in [7, 11) is 3.46. The molecule has 0 spiro atoms. The van der Waals surface area contributed by atoms with Gasteiger partial charge in [-0.15, -0.1) is 0 Å². The minimum atomic E-state index is -0.0778. The van der Waals surface area contributed by atoms with Crippen LogP contribution in [0.3, 0.4) is 0 Å². The molecule has 0 unspecified atom stereocenters. The van der Waals surface area contributed by atoms with Crippen LogP contribution >= 0.6 is 0 Å². The van der Waals surface area contributed by atoms with Crippen molar-refractivity contribution in [3.8, 4) is 0 Å². The molecule has 1 fully saturated rings. The van der Waals surface area contributed by atoms with E-state index in [0.717, 1.165) is 38.3 Å². The third-order valence-electron chi connectivity index (χ3n) is 3.80. The minimum absolute atomic E-state index is 0.0778. The number of anilines is 1. The Morgan fingerprint density at radius 3 is 2.80 bits per heavy atom. The summed E-state index contributed by atoms with van der Waals surface area (Å²) in [4.78, 5) is 17.5. The number of carbonyl (C=O) groups is 1. The molecule has 1 aromatic rings. The van der Waals surface area contributed by atoms with E-state index in [1.165, 1.54) is 4.90 Å². The van der Waals surface area contributed by atoms with Crippen molar-refractivity contribution in [3.63, 3.8) is 0 Å². The first-order valence-electron chi connectivity index (χ1n) is 6.99. The monoisotopic (exact) mass is 277 g/mol. The highest BCUT2D eigenvalue weighted by Crippen LogP contribution is 2.29. The average Bonchev–Trinajstić information content (AvgIpc) is 2.45. The minimum Gasteiger partial charge on any atom is -0.384 e. The van der Waals surface area contributed by atoms with Gasteiger partial charge in [-0.1, -0.05) is 6.92 Å². The van der Waals surface area contributed by atoms with Crippen LogP contribution < -0.4 is 5.32 Å². The Morgan fingerprint density at radius 1 is 1.45 bits per heavy atom. The largest absolute Gasteiger partial charge is 0.384 e. The molecule has 1 aliphatic heterocycles. The van der Waals surface area contributed by atoms with Gasteiger partial charge in [-0.25, -0.2) is 0 Å². The molecule has 2 rings (SSSR count). The fourth-order valence-electron chi connectivity index (χ4n) is 2.24. The van der Waals surface area contributed by atoms with Crippen LogP contribution in [0.1, 0.15) is 30.3 Å². The summed E-state index contributed by atoms with van der Waals surface area (Å²) in [5.74, 6) is -0.0778. The molecular formula is C15H23N3O2. The molecule has 0 aliphatic carbocycles. The third kappa shape index (κ3) is 3.70. The molecule has 1 amide bonds. The van der Waals surface area contributed by atoms with Gasteiger partial charge < -0.3 is 15.0 Å². The molecule has 20 heavy (non-hydrogen) atoms.